The molecular weight excluding hydrogens is 430 g/mol. The van der Waals surface area contributed by atoms with Gasteiger partial charge in [-0.05, 0) is 57.0 Å². The Hall–Kier alpha value is -3.37. The summed E-state index contributed by atoms with van der Waals surface area (Å²) >= 11 is 0. The molecule has 7 N–H and O–H groups in total. The minimum absolute atomic E-state index is 0.000122. The number of hydrogen-bond donors (Lipinski definition) is 6. The van der Waals surface area contributed by atoms with Crippen LogP contribution in [0.25, 0.3) is 0 Å². The smallest absolute Gasteiger partial charge is 0.255 e. The van der Waals surface area contributed by atoms with Gasteiger partial charge in [0.25, 0.3) is 5.91 Å². The number of nitrogens with two attached hydrogens (primary N) is 1. The summed E-state index contributed by atoms with van der Waals surface area (Å²) in [7, 11) is 4.78. The Morgan fingerprint density at radius 3 is 2.42 bits per heavy atom. The van der Waals surface area contributed by atoms with Crippen molar-refractivity contribution in [2.45, 2.75) is 31.4 Å². The molecule has 0 unspecified atom stereocenters. The van der Waals surface area contributed by atoms with E-state index in [0.29, 0.717) is 11.3 Å². The van der Waals surface area contributed by atoms with Crippen LogP contribution in [-0.4, -0.2) is 75.6 Å². The largest absolute Gasteiger partial charge is 0.510 e. The molecule has 0 fully saturated rings. The van der Waals surface area contributed by atoms with Crippen LogP contribution in [0.15, 0.2) is 28.7 Å². The molecule has 4 rings (SSSR count). The van der Waals surface area contributed by atoms with Crippen LogP contribution < -0.4 is 11.1 Å². The van der Waals surface area contributed by atoms with Crippen molar-refractivity contribution < 1.29 is 34.8 Å². The summed E-state index contributed by atoms with van der Waals surface area (Å²) in [4.78, 5) is 40.2. The van der Waals surface area contributed by atoms with Crippen molar-refractivity contribution in [3.8, 4) is 5.75 Å². The topological polar surface area (TPSA) is 173 Å². The Bertz CT molecular complexity index is 1180. The number of aliphatic hydroxyl groups excluding tert-OH is 2. The van der Waals surface area contributed by atoms with Gasteiger partial charge in [-0.1, -0.05) is 0 Å². The van der Waals surface area contributed by atoms with Crippen molar-refractivity contribution in [2.75, 3.05) is 26.5 Å². The number of hydrogen-bond acceptors (Lipinski definition) is 9. The lowest BCUT2D eigenvalue weighted by atomic mass is 9.58. The number of aliphatic hydroxyl groups is 3. The van der Waals surface area contributed by atoms with Gasteiger partial charge in [-0.25, -0.2) is 0 Å². The lowest BCUT2D eigenvalue weighted by Crippen LogP contribution is -2.63. The third-order valence-corrected chi connectivity index (χ3v) is 7.21. The third kappa shape index (κ3) is 2.83. The standard InChI is InChI=1S/C23H27N3O7/c1-8-5-12(25-2)17(27)14-10(8)6-9-7-11-16(26(3)4)19(29)15(22(24)32)21(31)23(11,33)20(30)13(9)18(14)28/h5,9,11,16,25,27,29-30,33H,6-7H2,1-4H3,(H2,24,32)/t9-,11-,16-,23-/m0/s1. The number of carbonyl (C=O) groups excluding carboxylic acids is 3. The lowest BCUT2D eigenvalue weighted by molar-refractivity contribution is -0.148. The first-order valence-electron chi connectivity index (χ1n) is 10.6. The van der Waals surface area contributed by atoms with E-state index in [4.69, 9.17) is 5.73 Å². The van der Waals surface area contributed by atoms with E-state index >= 15 is 0 Å². The van der Waals surface area contributed by atoms with Gasteiger partial charge >= 0.3 is 0 Å². The predicted octanol–water partition coefficient (Wildman–Crippen LogP) is 0.471. The zero-order valence-corrected chi connectivity index (χ0v) is 18.8. The number of nitrogens with one attached hydrogen (secondary N) is 1. The maximum absolute atomic E-state index is 13.5. The monoisotopic (exact) mass is 457 g/mol. The Kier molecular flexibility index (Phi) is 5.06. The second-order valence-corrected chi connectivity index (χ2v) is 9.16. The quantitative estimate of drug-likeness (QED) is 0.278. The van der Waals surface area contributed by atoms with Crippen molar-refractivity contribution in [1.82, 2.24) is 4.90 Å². The van der Waals surface area contributed by atoms with Crippen LogP contribution in [0.4, 0.5) is 5.69 Å². The van der Waals surface area contributed by atoms with Gasteiger partial charge in [0.05, 0.1) is 17.3 Å². The number of ketones is 2. The normalized spacial score (nSPS) is 29.1. The second-order valence-electron chi connectivity index (χ2n) is 9.16. The van der Waals surface area contributed by atoms with Crippen LogP contribution >= 0.6 is 0 Å². The van der Waals surface area contributed by atoms with Crippen LogP contribution in [-0.2, 0) is 16.0 Å². The van der Waals surface area contributed by atoms with E-state index in [1.807, 2.05) is 0 Å². The van der Waals surface area contributed by atoms with Gasteiger partial charge in [0, 0.05) is 18.5 Å². The molecule has 0 saturated carbocycles. The van der Waals surface area contributed by atoms with E-state index in [1.54, 1.807) is 34.1 Å². The number of benzene rings is 1. The molecule has 0 saturated heterocycles. The van der Waals surface area contributed by atoms with E-state index < -0.39 is 58.0 Å². The molecule has 3 aliphatic rings. The molecule has 1 aromatic carbocycles. The average Bonchev–Trinajstić information content (AvgIpc) is 2.72. The number of primary amides is 1. The molecule has 33 heavy (non-hydrogen) atoms. The number of aromatic hydroxyl groups is 1. The summed E-state index contributed by atoms with van der Waals surface area (Å²) in [6.07, 6.45) is 0.345. The Morgan fingerprint density at radius 2 is 1.88 bits per heavy atom. The first-order valence-corrected chi connectivity index (χ1v) is 10.6. The fourth-order valence-electron chi connectivity index (χ4n) is 5.69. The highest BCUT2D eigenvalue weighted by Crippen LogP contribution is 2.53. The molecule has 0 spiro atoms. The molecule has 4 atom stereocenters. The molecule has 1 amide bonds. The number of aryl methyl sites for hydroxylation is 1. The van der Waals surface area contributed by atoms with E-state index in [9.17, 15) is 34.8 Å². The van der Waals surface area contributed by atoms with Crippen molar-refractivity contribution >= 4 is 23.2 Å². The summed E-state index contributed by atoms with van der Waals surface area (Å²) in [6, 6.07) is 0.715. The van der Waals surface area contributed by atoms with Gasteiger partial charge in [0.1, 0.15) is 22.8 Å². The Labute approximate surface area is 190 Å². The van der Waals surface area contributed by atoms with Crippen LogP contribution in [0, 0.1) is 18.8 Å². The number of rotatable bonds is 3. The molecule has 0 bridgehead atoms. The zero-order chi connectivity index (χ0) is 24.6. The SMILES string of the molecule is CNc1cc(C)c2c(c1O)C(=O)C1=C(O)[C@]3(O)C(=O)C(C(N)=O)=C(O)[C@@H](N(C)C)[C@@H]3C[C@@H]1C2. The van der Waals surface area contributed by atoms with Gasteiger partial charge in [-0.3, -0.25) is 19.3 Å². The summed E-state index contributed by atoms with van der Waals surface area (Å²) in [6.45, 7) is 1.81. The summed E-state index contributed by atoms with van der Waals surface area (Å²) in [5.74, 6) is -6.54. The van der Waals surface area contributed by atoms with E-state index in [2.05, 4.69) is 5.32 Å². The number of nitrogens with zero attached hydrogens (tertiary/aromatic N) is 1. The van der Waals surface area contributed by atoms with Crippen LogP contribution in [0.5, 0.6) is 5.75 Å². The van der Waals surface area contributed by atoms with Crippen molar-refractivity contribution in [2.24, 2.45) is 17.6 Å². The number of likely N-dealkylation sites (N-methyl/N-ethyl adjacent to an activating group) is 1. The van der Waals surface area contributed by atoms with Gasteiger partial charge in [0.15, 0.2) is 11.4 Å². The third-order valence-electron chi connectivity index (χ3n) is 7.21. The highest BCUT2D eigenvalue weighted by molar-refractivity contribution is 6.24. The number of phenols is 1. The molecule has 0 radical (unpaired) electrons. The van der Waals surface area contributed by atoms with Gasteiger partial charge < -0.3 is 31.5 Å². The molecule has 0 aliphatic heterocycles. The van der Waals surface area contributed by atoms with Crippen molar-refractivity contribution in [3.63, 3.8) is 0 Å². The van der Waals surface area contributed by atoms with E-state index in [0.717, 1.165) is 5.56 Å². The maximum Gasteiger partial charge on any atom is 0.255 e. The number of amides is 1. The van der Waals surface area contributed by atoms with Crippen LogP contribution in [0.1, 0.15) is 27.9 Å². The Morgan fingerprint density at radius 1 is 1.24 bits per heavy atom. The highest BCUT2D eigenvalue weighted by atomic mass is 16.3. The van der Waals surface area contributed by atoms with E-state index in [-0.39, 0.29) is 29.7 Å². The number of Topliss-reactive ketones (excluding diaryl/α,β-unsaturated/α-hetero) is 2. The Balaban J connectivity index is 1.98. The molecule has 0 heterocycles. The van der Waals surface area contributed by atoms with Gasteiger partial charge in [0.2, 0.25) is 5.78 Å². The van der Waals surface area contributed by atoms with Crippen molar-refractivity contribution in [3.05, 3.63) is 45.4 Å². The number of fused-ring (bicyclic) bond motifs is 3. The molecule has 1 aromatic rings. The van der Waals surface area contributed by atoms with Crippen molar-refractivity contribution in [1.29, 1.82) is 0 Å². The minimum Gasteiger partial charge on any atom is -0.510 e. The molecule has 10 heteroatoms. The molecule has 3 aliphatic carbocycles. The number of allylic oxidation sites excluding steroid dienone is 1. The molecule has 176 valence electrons. The minimum atomic E-state index is -2.63. The summed E-state index contributed by atoms with van der Waals surface area (Å²) in [5.41, 5.74) is 3.41. The zero-order valence-electron chi connectivity index (χ0n) is 18.8. The fraction of sp³-hybridized carbons (Fsp3) is 0.435. The maximum atomic E-state index is 13.5. The van der Waals surface area contributed by atoms with E-state index in [1.165, 1.54) is 4.90 Å². The highest BCUT2D eigenvalue weighted by Gasteiger charge is 2.63. The summed E-state index contributed by atoms with van der Waals surface area (Å²) < 4.78 is 0. The van der Waals surface area contributed by atoms with Crippen LogP contribution in [0.2, 0.25) is 0 Å². The first kappa shape index (κ1) is 22.8. The fourth-order valence-corrected chi connectivity index (χ4v) is 5.69. The lowest BCUT2D eigenvalue weighted by Gasteiger charge is -2.50. The van der Waals surface area contributed by atoms with Crippen LogP contribution in [0.3, 0.4) is 0 Å². The molecule has 0 aromatic heterocycles. The van der Waals surface area contributed by atoms with Gasteiger partial charge in [-0.2, -0.15) is 0 Å². The predicted molar refractivity (Wildman–Crippen MR) is 118 cm³/mol. The average molecular weight is 457 g/mol. The second kappa shape index (κ2) is 7.32. The first-order chi connectivity index (χ1) is 15.4. The van der Waals surface area contributed by atoms with Gasteiger partial charge in [-0.15, -0.1) is 0 Å². The number of anilines is 1. The number of phenolic OH excluding ortho intramolecular Hbond substituents is 1. The number of carbonyl (C=O) groups is 3. The summed E-state index contributed by atoms with van der Waals surface area (Å²) in [5, 5.41) is 47.0. The molecule has 10 nitrogen and oxygen atoms in total. The molecular formula is C23H27N3O7.